The maximum Gasteiger partial charge on any atom is 0.141 e. The minimum Gasteiger partial charge on any atom is -0.301 e. The largest absolute Gasteiger partial charge is 0.301 e. The first-order valence-corrected chi connectivity index (χ1v) is 4.75. The SMILES string of the molecule is O=CCN=CCCCCC=NCC=O. The predicted octanol–water partition coefficient (Wildman–Crippen LogP) is 1.09. The summed E-state index contributed by atoms with van der Waals surface area (Å²) in [7, 11) is 0. The molecule has 0 fully saturated rings. The first-order valence-electron chi connectivity index (χ1n) is 4.75. The van der Waals surface area contributed by atoms with Gasteiger partial charge in [-0.3, -0.25) is 9.98 Å². The molecule has 0 saturated carbocycles. The molecule has 4 heteroatoms. The lowest BCUT2D eigenvalue weighted by atomic mass is 10.2. The average molecular weight is 196 g/mol. The summed E-state index contributed by atoms with van der Waals surface area (Å²) in [5.41, 5.74) is 0. The zero-order valence-corrected chi connectivity index (χ0v) is 8.26. The quantitative estimate of drug-likeness (QED) is 0.315. The monoisotopic (exact) mass is 196 g/mol. The first-order chi connectivity index (χ1) is 6.91. The molecular formula is C10H16N2O2. The Hall–Kier alpha value is -1.32. The van der Waals surface area contributed by atoms with Crippen molar-refractivity contribution in [2.45, 2.75) is 25.7 Å². The third-order valence-electron chi connectivity index (χ3n) is 1.53. The van der Waals surface area contributed by atoms with Crippen molar-refractivity contribution in [3.8, 4) is 0 Å². The summed E-state index contributed by atoms with van der Waals surface area (Å²) in [5.74, 6) is 0. The maximum absolute atomic E-state index is 9.88. The van der Waals surface area contributed by atoms with E-state index in [1.54, 1.807) is 12.4 Å². The summed E-state index contributed by atoms with van der Waals surface area (Å²) in [5, 5.41) is 0. The van der Waals surface area contributed by atoms with Crippen LogP contribution in [0.5, 0.6) is 0 Å². The molecule has 0 saturated heterocycles. The zero-order valence-electron chi connectivity index (χ0n) is 8.26. The summed E-state index contributed by atoms with van der Waals surface area (Å²) in [6.45, 7) is 0.529. The van der Waals surface area contributed by atoms with Crippen LogP contribution in [-0.4, -0.2) is 38.1 Å². The Bertz CT molecular complexity index is 178. The van der Waals surface area contributed by atoms with E-state index in [-0.39, 0.29) is 13.1 Å². The van der Waals surface area contributed by atoms with E-state index in [9.17, 15) is 9.59 Å². The van der Waals surface area contributed by atoms with Crippen LogP contribution in [0.2, 0.25) is 0 Å². The Morgan fingerprint density at radius 2 is 1.21 bits per heavy atom. The van der Waals surface area contributed by atoms with Crippen LogP contribution in [-0.2, 0) is 9.59 Å². The Kier molecular flexibility index (Phi) is 10.6. The highest BCUT2D eigenvalue weighted by molar-refractivity contribution is 5.63. The minimum absolute atomic E-state index is 0.265. The lowest BCUT2D eigenvalue weighted by Crippen LogP contribution is -1.85. The molecule has 14 heavy (non-hydrogen) atoms. The molecule has 0 radical (unpaired) electrons. The van der Waals surface area contributed by atoms with Crippen molar-refractivity contribution in [2.75, 3.05) is 13.1 Å². The molecule has 0 aliphatic rings. The molecule has 0 aliphatic carbocycles. The predicted molar refractivity (Wildman–Crippen MR) is 57.3 cm³/mol. The molecule has 0 spiro atoms. The fourth-order valence-electron chi connectivity index (χ4n) is 0.889. The third-order valence-corrected chi connectivity index (χ3v) is 1.53. The highest BCUT2D eigenvalue weighted by Gasteiger charge is 1.84. The van der Waals surface area contributed by atoms with Gasteiger partial charge in [0, 0.05) is 0 Å². The number of hydrogen-bond acceptors (Lipinski definition) is 4. The van der Waals surface area contributed by atoms with Crippen LogP contribution < -0.4 is 0 Å². The molecule has 0 aliphatic heterocycles. The first kappa shape index (κ1) is 12.7. The summed E-state index contributed by atoms with van der Waals surface area (Å²) in [4.78, 5) is 27.5. The van der Waals surface area contributed by atoms with Gasteiger partial charge in [-0.15, -0.1) is 0 Å². The number of aliphatic imine (C=N–C) groups is 2. The van der Waals surface area contributed by atoms with Crippen LogP contribution in [0.25, 0.3) is 0 Å². The van der Waals surface area contributed by atoms with E-state index in [4.69, 9.17) is 0 Å². The van der Waals surface area contributed by atoms with Crippen molar-refractivity contribution in [2.24, 2.45) is 9.98 Å². The van der Waals surface area contributed by atoms with Crippen molar-refractivity contribution in [3.05, 3.63) is 0 Å². The summed E-state index contributed by atoms with van der Waals surface area (Å²) in [6, 6.07) is 0. The Balaban J connectivity index is 3.12. The second-order valence-corrected chi connectivity index (χ2v) is 2.71. The Morgan fingerprint density at radius 1 is 0.786 bits per heavy atom. The number of rotatable bonds is 9. The molecule has 0 rings (SSSR count). The molecule has 0 N–H and O–H groups in total. The van der Waals surface area contributed by atoms with Crippen LogP contribution in [0.1, 0.15) is 25.7 Å². The van der Waals surface area contributed by atoms with Gasteiger partial charge >= 0.3 is 0 Å². The molecule has 0 amide bonds. The second-order valence-electron chi connectivity index (χ2n) is 2.71. The van der Waals surface area contributed by atoms with Crippen LogP contribution in [0.4, 0.5) is 0 Å². The summed E-state index contributed by atoms with van der Waals surface area (Å²) >= 11 is 0. The smallest absolute Gasteiger partial charge is 0.141 e. The third kappa shape index (κ3) is 10.7. The van der Waals surface area contributed by atoms with E-state index in [1.807, 2.05) is 0 Å². The van der Waals surface area contributed by atoms with E-state index < -0.39 is 0 Å². The number of unbranched alkanes of at least 4 members (excludes halogenated alkanes) is 3. The van der Waals surface area contributed by atoms with Gasteiger partial charge in [0.15, 0.2) is 0 Å². The van der Waals surface area contributed by atoms with Gasteiger partial charge in [0.2, 0.25) is 0 Å². The van der Waals surface area contributed by atoms with Crippen LogP contribution in [0, 0.1) is 0 Å². The topological polar surface area (TPSA) is 58.9 Å². The Labute approximate surface area is 84.1 Å². The van der Waals surface area contributed by atoms with Crippen molar-refractivity contribution >= 4 is 25.0 Å². The molecule has 0 bridgehead atoms. The lowest BCUT2D eigenvalue weighted by Gasteiger charge is -1.91. The van der Waals surface area contributed by atoms with Crippen molar-refractivity contribution in [3.63, 3.8) is 0 Å². The van der Waals surface area contributed by atoms with Crippen LogP contribution in [0.15, 0.2) is 9.98 Å². The molecule has 0 aromatic rings. The maximum atomic E-state index is 9.88. The van der Waals surface area contributed by atoms with Crippen LogP contribution >= 0.6 is 0 Å². The van der Waals surface area contributed by atoms with Gasteiger partial charge < -0.3 is 9.59 Å². The van der Waals surface area contributed by atoms with Gasteiger partial charge in [0.25, 0.3) is 0 Å². The molecule has 0 heterocycles. The number of aldehydes is 2. The van der Waals surface area contributed by atoms with Gasteiger partial charge in [-0.25, -0.2) is 0 Å². The molecule has 78 valence electrons. The van der Waals surface area contributed by atoms with Gasteiger partial charge in [-0.05, 0) is 38.1 Å². The second kappa shape index (κ2) is 11.7. The average Bonchev–Trinajstić information content (AvgIpc) is 2.21. The van der Waals surface area contributed by atoms with E-state index in [0.29, 0.717) is 0 Å². The molecule has 0 aromatic heterocycles. The zero-order chi connectivity index (χ0) is 10.5. The van der Waals surface area contributed by atoms with Crippen molar-refractivity contribution in [1.29, 1.82) is 0 Å². The lowest BCUT2D eigenvalue weighted by molar-refractivity contribution is -0.107. The molecule has 4 nitrogen and oxygen atoms in total. The van der Waals surface area contributed by atoms with Gasteiger partial charge in [-0.1, -0.05) is 0 Å². The van der Waals surface area contributed by atoms with E-state index in [0.717, 1.165) is 38.3 Å². The molecular weight excluding hydrogens is 180 g/mol. The van der Waals surface area contributed by atoms with Crippen molar-refractivity contribution in [1.82, 2.24) is 0 Å². The number of nitrogens with zero attached hydrogens (tertiary/aromatic N) is 2. The van der Waals surface area contributed by atoms with E-state index >= 15 is 0 Å². The molecule has 0 atom stereocenters. The summed E-state index contributed by atoms with van der Waals surface area (Å²) < 4.78 is 0. The van der Waals surface area contributed by atoms with Crippen molar-refractivity contribution < 1.29 is 9.59 Å². The molecule has 0 aromatic carbocycles. The highest BCUT2D eigenvalue weighted by atomic mass is 16.1. The van der Waals surface area contributed by atoms with E-state index in [1.165, 1.54) is 0 Å². The highest BCUT2D eigenvalue weighted by Crippen LogP contribution is 1.95. The van der Waals surface area contributed by atoms with Gasteiger partial charge in [-0.2, -0.15) is 0 Å². The number of hydrogen-bond donors (Lipinski definition) is 0. The number of carbonyl (C=O) groups excluding carboxylic acids is 2. The van der Waals surface area contributed by atoms with E-state index in [2.05, 4.69) is 9.98 Å². The fraction of sp³-hybridized carbons (Fsp3) is 0.600. The minimum atomic E-state index is 0.265. The van der Waals surface area contributed by atoms with Crippen LogP contribution in [0.3, 0.4) is 0 Å². The molecule has 0 unspecified atom stereocenters. The fourth-order valence-corrected chi connectivity index (χ4v) is 0.889. The summed E-state index contributed by atoms with van der Waals surface area (Å²) in [6.07, 6.45) is 8.98. The van der Waals surface area contributed by atoms with Gasteiger partial charge in [0.05, 0.1) is 13.1 Å². The van der Waals surface area contributed by atoms with Gasteiger partial charge in [0.1, 0.15) is 12.6 Å². The standard InChI is InChI=1S/C10H16N2O2/c13-9-7-11-5-3-1-2-4-6-12-8-10-14/h5-6,9-10H,1-4,7-8H2. The normalized spacial score (nSPS) is 11.1. The number of carbonyl (C=O) groups is 2. The Morgan fingerprint density at radius 3 is 1.57 bits per heavy atom.